The van der Waals surface area contributed by atoms with E-state index in [0.29, 0.717) is 27.7 Å². The number of fused-ring (bicyclic) bond motifs is 1. The molecular formula is C21H15N5O2. The molecule has 4 rings (SSSR count). The quantitative estimate of drug-likeness (QED) is 0.541. The molecule has 136 valence electrons. The fraction of sp³-hybridized carbons (Fsp3) is 0. The topological polar surface area (TPSA) is 96.9 Å². The van der Waals surface area contributed by atoms with Gasteiger partial charge in [0.1, 0.15) is 0 Å². The lowest BCUT2D eigenvalue weighted by atomic mass is 10.0. The molecule has 3 aromatic heterocycles. The summed E-state index contributed by atoms with van der Waals surface area (Å²) in [4.78, 5) is 37.5. The van der Waals surface area contributed by atoms with Crippen molar-refractivity contribution in [2.45, 2.75) is 0 Å². The molecule has 0 atom stereocenters. The van der Waals surface area contributed by atoms with Crippen molar-refractivity contribution in [2.24, 2.45) is 0 Å². The van der Waals surface area contributed by atoms with Gasteiger partial charge in [0, 0.05) is 35.7 Å². The number of carbonyl (C=O) groups excluding carboxylic acids is 2. The summed E-state index contributed by atoms with van der Waals surface area (Å²) in [5.74, 6) is -0.895. The minimum absolute atomic E-state index is 0.346. The second-order valence-corrected chi connectivity index (χ2v) is 5.96. The zero-order chi connectivity index (χ0) is 19.3. The molecule has 0 radical (unpaired) electrons. The van der Waals surface area contributed by atoms with Crippen molar-refractivity contribution in [3.63, 3.8) is 0 Å². The number of nitrogens with one attached hydrogen (secondary N) is 2. The predicted octanol–water partition coefficient (Wildman–Crippen LogP) is 2.77. The van der Waals surface area contributed by atoms with Gasteiger partial charge in [-0.1, -0.05) is 18.2 Å². The Morgan fingerprint density at radius 2 is 1.54 bits per heavy atom. The van der Waals surface area contributed by atoms with Crippen molar-refractivity contribution >= 4 is 22.7 Å². The minimum Gasteiger partial charge on any atom is -0.267 e. The number of hydrogen-bond acceptors (Lipinski definition) is 5. The van der Waals surface area contributed by atoms with E-state index >= 15 is 0 Å². The number of aromatic nitrogens is 3. The third-order valence-electron chi connectivity index (χ3n) is 4.13. The number of pyridine rings is 3. The summed E-state index contributed by atoms with van der Waals surface area (Å²) in [7, 11) is 0. The average Bonchev–Trinajstić information content (AvgIpc) is 2.77. The molecule has 4 aromatic rings. The van der Waals surface area contributed by atoms with Gasteiger partial charge in [-0.3, -0.25) is 30.4 Å². The molecule has 7 heteroatoms. The first-order valence-electron chi connectivity index (χ1n) is 8.53. The maximum Gasteiger partial charge on any atom is 0.271 e. The van der Waals surface area contributed by atoms with Crippen molar-refractivity contribution in [3.05, 3.63) is 90.5 Å². The summed E-state index contributed by atoms with van der Waals surface area (Å²) in [5, 5.41) is 0.684. The van der Waals surface area contributed by atoms with Crippen molar-refractivity contribution in [1.82, 2.24) is 25.8 Å². The number of rotatable bonds is 3. The molecule has 0 aliphatic rings. The molecule has 0 saturated carbocycles. The number of carbonyl (C=O) groups is 2. The van der Waals surface area contributed by atoms with Gasteiger partial charge in [-0.2, -0.15) is 0 Å². The number of benzene rings is 1. The fourth-order valence-electron chi connectivity index (χ4n) is 2.78. The number of amides is 2. The first-order valence-corrected chi connectivity index (χ1v) is 8.53. The summed E-state index contributed by atoms with van der Waals surface area (Å²) >= 11 is 0. The standard InChI is InChI=1S/C21H15N5O2/c27-20(15-6-4-10-23-13-15)25-26-21(28)17-11-19(14-5-3-9-22-12-14)24-18-8-2-1-7-16(17)18/h1-13H,(H,25,27)(H,26,28). The molecule has 0 fully saturated rings. The lowest BCUT2D eigenvalue weighted by molar-refractivity contribution is 0.0847. The lowest BCUT2D eigenvalue weighted by Crippen LogP contribution is -2.41. The van der Waals surface area contributed by atoms with E-state index in [0.717, 1.165) is 5.56 Å². The molecular weight excluding hydrogens is 354 g/mol. The molecule has 1 aromatic carbocycles. The Balaban J connectivity index is 1.65. The van der Waals surface area contributed by atoms with Crippen LogP contribution in [-0.2, 0) is 0 Å². The van der Waals surface area contributed by atoms with Crippen LogP contribution in [0.25, 0.3) is 22.2 Å². The molecule has 0 saturated heterocycles. The Kier molecular flexibility index (Phi) is 4.71. The van der Waals surface area contributed by atoms with Gasteiger partial charge in [-0.25, -0.2) is 4.98 Å². The van der Waals surface area contributed by atoms with Crippen LogP contribution in [-0.4, -0.2) is 26.8 Å². The monoisotopic (exact) mass is 369 g/mol. The molecule has 2 amide bonds. The Labute approximate surface area is 160 Å². The molecule has 2 N–H and O–H groups in total. The number of nitrogens with zero attached hydrogens (tertiary/aromatic N) is 3. The van der Waals surface area contributed by atoms with Gasteiger partial charge < -0.3 is 0 Å². The van der Waals surface area contributed by atoms with Gasteiger partial charge in [-0.15, -0.1) is 0 Å². The van der Waals surface area contributed by atoms with Gasteiger partial charge >= 0.3 is 0 Å². The molecule has 0 aliphatic carbocycles. The Morgan fingerprint density at radius 1 is 0.786 bits per heavy atom. The van der Waals surface area contributed by atoms with Crippen LogP contribution < -0.4 is 10.9 Å². The SMILES string of the molecule is O=C(NNC(=O)c1cc(-c2cccnc2)nc2ccccc12)c1cccnc1. The van der Waals surface area contributed by atoms with Gasteiger partial charge in [-0.05, 0) is 36.4 Å². The normalized spacial score (nSPS) is 10.4. The van der Waals surface area contributed by atoms with E-state index in [2.05, 4.69) is 25.8 Å². The van der Waals surface area contributed by atoms with E-state index in [1.54, 1.807) is 42.9 Å². The van der Waals surface area contributed by atoms with Crippen LogP contribution >= 0.6 is 0 Å². The van der Waals surface area contributed by atoms with Gasteiger partial charge in [0.15, 0.2) is 0 Å². The van der Waals surface area contributed by atoms with E-state index in [1.165, 1.54) is 6.20 Å². The van der Waals surface area contributed by atoms with Crippen molar-refractivity contribution in [2.75, 3.05) is 0 Å². The van der Waals surface area contributed by atoms with Gasteiger partial charge in [0.05, 0.1) is 22.3 Å². The highest BCUT2D eigenvalue weighted by atomic mass is 16.2. The van der Waals surface area contributed by atoms with E-state index in [9.17, 15) is 9.59 Å². The largest absolute Gasteiger partial charge is 0.271 e. The fourth-order valence-corrected chi connectivity index (χ4v) is 2.78. The highest BCUT2D eigenvalue weighted by Crippen LogP contribution is 2.24. The molecule has 3 heterocycles. The maximum absolute atomic E-state index is 12.8. The summed E-state index contributed by atoms with van der Waals surface area (Å²) in [6.07, 6.45) is 6.34. The number of para-hydroxylation sites is 1. The third-order valence-corrected chi connectivity index (χ3v) is 4.13. The van der Waals surface area contributed by atoms with Crippen molar-refractivity contribution < 1.29 is 9.59 Å². The highest BCUT2D eigenvalue weighted by molar-refractivity contribution is 6.08. The summed E-state index contributed by atoms with van der Waals surface area (Å²) in [5.41, 5.74) is 7.70. The third kappa shape index (κ3) is 3.54. The van der Waals surface area contributed by atoms with E-state index in [1.807, 2.05) is 30.3 Å². The molecule has 0 aliphatic heterocycles. The van der Waals surface area contributed by atoms with Crippen molar-refractivity contribution in [3.8, 4) is 11.3 Å². The van der Waals surface area contributed by atoms with Crippen LogP contribution in [0.5, 0.6) is 0 Å². The van der Waals surface area contributed by atoms with E-state index < -0.39 is 11.8 Å². The van der Waals surface area contributed by atoms with Crippen LogP contribution in [0.15, 0.2) is 79.4 Å². The van der Waals surface area contributed by atoms with E-state index in [4.69, 9.17) is 0 Å². The Bertz CT molecular complexity index is 1150. The van der Waals surface area contributed by atoms with E-state index in [-0.39, 0.29) is 0 Å². The summed E-state index contributed by atoms with van der Waals surface area (Å²) in [6, 6.07) is 15.9. The number of hydrazine groups is 1. The molecule has 0 unspecified atom stereocenters. The second-order valence-electron chi connectivity index (χ2n) is 5.96. The minimum atomic E-state index is -0.452. The predicted molar refractivity (Wildman–Crippen MR) is 104 cm³/mol. The first-order chi connectivity index (χ1) is 13.7. The Hall–Kier alpha value is -4.13. The molecule has 7 nitrogen and oxygen atoms in total. The Morgan fingerprint density at radius 3 is 2.29 bits per heavy atom. The highest BCUT2D eigenvalue weighted by Gasteiger charge is 2.15. The smallest absolute Gasteiger partial charge is 0.267 e. The van der Waals surface area contributed by atoms with Crippen LogP contribution in [0.3, 0.4) is 0 Å². The summed E-state index contributed by atoms with van der Waals surface area (Å²) < 4.78 is 0. The second kappa shape index (κ2) is 7.63. The molecule has 0 spiro atoms. The van der Waals surface area contributed by atoms with Crippen LogP contribution in [0, 0.1) is 0 Å². The van der Waals surface area contributed by atoms with Crippen LogP contribution in [0.1, 0.15) is 20.7 Å². The van der Waals surface area contributed by atoms with Crippen molar-refractivity contribution in [1.29, 1.82) is 0 Å². The van der Waals surface area contributed by atoms with Gasteiger partial charge in [0.25, 0.3) is 11.8 Å². The zero-order valence-corrected chi connectivity index (χ0v) is 14.7. The molecule has 0 bridgehead atoms. The first kappa shape index (κ1) is 17.3. The number of hydrogen-bond donors (Lipinski definition) is 2. The molecule has 28 heavy (non-hydrogen) atoms. The van der Waals surface area contributed by atoms with Gasteiger partial charge in [0.2, 0.25) is 0 Å². The summed E-state index contributed by atoms with van der Waals surface area (Å²) in [6.45, 7) is 0. The average molecular weight is 369 g/mol. The maximum atomic E-state index is 12.8. The van der Waals surface area contributed by atoms with Crippen LogP contribution in [0.4, 0.5) is 0 Å². The van der Waals surface area contributed by atoms with Crippen LogP contribution in [0.2, 0.25) is 0 Å². The zero-order valence-electron chi connectivity index (χ0n) is 14.7. The lowest BCUT2D eigenvalue weighted by Gasteiger charge is -2.11.